The SMILES string of the molecule is CNCc1cn(S(=O)(=O)CC=Cc2cccnc2)c(-c2ccccc2F)c1F. The van der Waals surface area contributed by atoms with Crippen molar-refractivity contribution in [3.05, 3.63) is 83.8 Å². The highest BCUT2D eigenvalue weighted by molar-refractivity contribution is 7.90. The zero-order valence-electron chi connectivity index (χ0n) is 15.1. The number of rotatable bonds is 7. The lowest BCUT2D eigenvalue weighted by Crippen LogP contribution is -2.16. The molecule has 3 rings (SSSR count). The molecule has 28 heavy (non-hydrogen) atoms. The summed E-state index contributed by atoms with van der Waals surface area (Å²) in [5, 5.41) is 2.78. The Labute approximate surface area is 162 Å². The van der Waals surface area contributed by atoms with Crippen LogP contribution in [0.1, 0.15) is 11.1 Å². The van der Waals surface area contributed by atoms with Gasteiger partial charge in [0.2, 0.25) is 10.0 Å². The van der Waals surface area contributed by atoms with Crippen molar-refractivity contribution in [1.82, 2.24) is 14.3 Å². The van der Waals surface area contributed by atoms with Crippen molar-refractivity contribution >= 4 is 16.1 Å². The summed E-state index contributed by atoms with van der Waals surface area (Å²) in [6.07, 6.45) is 7.46. The van der Waals surface area contributed by atoms with E-state index in [2.05, 4.69) is 10.3 Å². The van der Waals surface area contributed by atoms with Gasteiger partial charge in [0.25, 0.3) is 0 Å². The fourth-order valence-corrected chi connectivity index (χ4v) is 4.04. The normalized spacial score (nSPS) is 12.0. The molecular weight excluding hydrogens is 384 g/mol. The van der Waals surface area contributed by atoms with Crippen LogP contribution in [0.3, 0.4) is 0 Å². The van der Waals surface area contributed by atoms with Crippen LogP contribution in [0.2, 0.25) is 0 Å². The molecule has 0 amide bonds. The predicted molar refractivity (Wildman–Crippen MR) is 105 cm³/mol. The van der Waals surface area contributed by atoms with Crippen LogP contribution in [-0.2, 0) is 16.6 Å². The van der Waals surface area contributed by atoms with Crippen LogP contribution >= 0.6 is 0 Å². The molecule has 1 N–H and O–H groups in total. The van der Waals surface area contributed by atoms with Gasteiger partial charge in [-0.2, -0.15) is 0 Å². The Hall–Kier alpha value is -2.84. The number of benzene rings is 1. The molecule has 0 unspecified atom stereocenters. The third kappa shape index (κ3) is 4.18. The maximum atomic E-state index is 14.9. The molecule has 2 heterocycles. The van der Waals surface area contributed by atoms with Gasteiger partial charge in [0, 0.05) is 36.3 Å². The molecule has 2 aromatic heterocycles. The first kappa shape index (κ1) is 19.9. The number of halogens is 2. The second-order valence-corrected chi connectivity index (χ2v) is 7.98. The first-order chi connectivity index (χ1) is 13.4. The van der Waals surface area contributed by atoms with Gasteiger partial charge in [-0.1, -0.05) is 30.4 Å². The van der Waals surface area contributed by atoms with Crippen LogP contribution in [0.15, 0.2) is 61.1 Å². The van der Waals surface area contributed by atoms with Crippen LogP contribution in [0, 0.1) is 11.6 Å². The van der Waals surface area contributed by atoms with E-state index in [0.717, 1.165) is 9.54 Å². The van der Waals surface area contributed by atoms with E-state index in [-0.39, 0.29) is 29.1 Å². The number of pyridine rings is 1. The van der Waals surface area contributed by atoms with Gasteiger partial charge in [-0.15, -0.1) is 0 Å². The molecule has 3 aromatic rings. The monoisotopic (exact) mass is 403 g/mol. The summed E-state index contributed by atoms with van der Waals surface area (Å²) in [6, 6.07) is 9.02. The van der Waals surface area contributed by atoms with Crippen LogP contribution in [0.4, 0.5) is 8.78 Å². The number of nitrogens with one attached hydrogen (secondary N) is 1. The molecule has 0 aliphatic rings. The third-order valence-corrected chi connectivity index (χ3v) is 5.58. The molecule has 0 fully saturated rings. The number of hydrogen-bond donors (Lipinski definition) is 1. The maximum Gasteiger partial charge on any atom is 0.242 e. The standard InChI is InChI=1S/C20H19F2N3O2S/c1-23-13-16-14-25(20(19(16)22)17-8-2-3-9-18(17)21)28(26,27)11-5-7-15-6-4-10-24-12-15/h2-10,12,14,23H,11,13H2,1H3. The predicted octanol–water partition coefficient (Wildman–Crippen LogP) is 3.44. The molecule has 0 bridgehead atoms. The quantitative estimate of drug-likeness (QED) is 0.656. The molecule has 8 heteroatoms. The zero-order chi connectivity index (χ0) is 20.1. The van der Waals surface area contributed by atoms with Crippen molar-refractivity contribution in [2.45, 2.75) is 6.54 Å². The van der Waals surface area contributed by atoms with Crippen LogP contribution < -0.4 is 5.32 Å². The van der Waals surface area contributed by atoms with E-state index < -0.39 is 21.7 Å². The van der Waals surface area contributed by atoms with Gasteiger partial charge in [-0.25, -0.2) is 21.2 Å². The van der Waals surface area contributed by atoms with Crippen molar-refractivity contribution in [2.24, 2.45) is 0 Å². The molecule has 0 spiro atoms. The summed E-state index contributed by atoms with van der Waals surface area (Å²) in [5.41, 5.74) is 0.461. The summed E-state index contributed by atoms with van der Waals surface area (Å²) in [4.78, 5) is 3.95. The average Bonchev–Trinajstić information content (AvgIpc) is 3.00. The van der Waals surface area contributed by atoms with E-state index in [9.17, 15) is 17.2 Å². The van der Waals surface area contributed by atoms with Gasteiger partial charge in [0.15, 0.2) is 5.82 Å². The number of nitrogens with zero attached hydrogens (tertiary/aromatic N) is 2. The lowest BCUT2D eigenvalue weighted by atomic mass is 10.1. The lowest BCUT2D eigenvalue weighted by Gasteiger charge is -2.10. The minimum Gasteiger partial charge on any atom is -0.316 e. The van der Waals surface area contributed by atoms with Gasteiger partial charge < -0.3 is 5.32 Å². The molecule has 0 aliphatic carbocycles. The highest BCUT2D eigenvalue weighted by atomic mass is 32.2. The van der Waals surface area contributed by atoms with Crippen molar-refractivity contribution in [3.8, 4) is 11.3 Å². The fourth-order valence-electron chi connectivity index (χ4n) is 2.80. The first-order valence-electron chi connectivity index (χ1n) is 8.53. The molecule has 0 atom stereocenters. The molecule has 0 saturated heterocycles. The van der Waals surface area contributed by atoms with Gasteiger partial charge >= 0.3 is 0 Å². The summed E-state index contributed by atoms with van der Waals surface area (Å²) in [6.45, 7) is 0.112. The first-order valence-corrected chi connectivity index (χ1v) is 10.1. The molecular formula is C20H19F2N3O2S. The molecule has 146 valence electrons. The van der Waals surface area contributed by atoms with E-state index in [1.165, 1.54) is 36.5 Å². The van der Waals surface area contributed by atoms with Gasteiger partial charge in [-0.3, -0.25) is 4.98 Å². The Bertz CT molecular complexity index is 1090. The molecule has 1 aromatic carbocycles. The van der Waals surface area contributed by atoms with E-state index in [0.29, 0.717) is 0 Å². The zero-order valence-corrected chi connectivity index (χ0v) is 16.0. The fraction of sp³-hybridized carbons (Fsp3) is 0.150. The van der Waals surface area contributed by atoms with Crippen molar-refractivity contribution in [3.63, 3.8) is 0 Å². The second-order valence-electron chi connectivity index (χ2n) is 6.09. The summed E-state index contributed by atoms with van der Waals surface area (Å²) < 4.78 is 55.8. The molecule has 0 radical (unpaired) electrons. The van der Waals surface area contributed by atoms with Gasteiger partial charge in [0.05, 0.1) is 5.75 Å². The maximum absolute atomic E-state index is 14.9. The topological polar surface area (TPSA) is 64.0 Å². The van der Waals surface area contributed by atoms with E-state index >= 15 is 0 Å². The van der Waals surface area contributed by atoms with Crippen LogP contribution in [0.25, 0.3) is 17.3 Å². The Morgan fingerprint density at radius 2 is 1.96 bits per heavy atom. The average molecular weight is 403 g/mol. The summed E-state index contributed by atoms with van der Waals surface area (Å²) in [7, 11) is -2.36. The molecule has 0 saturated carbocycles. The Balaban J connectivity index is 2.03. The Kier molecular flexibility index (Phi) is 6.01. The summed E-state index contributed by atoms with van der Waals surface area (Å²) >= 11 is 0. The molecule has 0 aliphatic heterocycles. The second kappa shape index (κ2) is 8.45. The molecule has 5 nitrogen and oxygen atoms in total. The van der Waals surface area contributed by atoms with Gasteiger partial charge in [-0.05, 0) is 30.8 Å². The van der Waals surface area contributed by atoms with E-state index in [1.54, 1.807) is 37.7 Å². The number of hydrogen-bond acceptors (Lipinski definition) is 4. The van der Waals surface area contributed by atoms with E-state index in [4.69, 9.17) is 0 Å². The highest BCUT2D eigenvalue weighted by Crippen LogP contribution is 2.30. The van der Waals surface area contributed by atoms with Crippen LogP contribution in [0.5, 0.6) is 0 Å². The summed E-state index contributed by atoms with van der Waals surface area (Å²) in [5.74, 6) is -1.84. The third-order valence-electron chi connectivity index (χ3n) is 4.08. The largest absolute Gasteiger partial charge is 0.316 e. The highest BCUT2D eigenvalue weighted by Gasteiger charge is 2.25. The smallest absolute Gasteiger partial charge is 0.242 e. The lowest BCUT2D eigenvalue weighted by molar-refractivity contribution is 0.586. The van der Waals surface area contributed by atoms with Crippen LogP contribution in [-0.4, -0.2) is 30.2 Å². The number of aromatic nitrogens is 2. The Morgan fingerprint density at radius 1 is 1.18 bits per heavy atom. The minimum atomic E-state index is -3.97. The van der Waals surface area contributed by atoms with Crippen molar-refractivity contribution in [2.75, 3.05) is 12.8 Å². The van der Waals surface area contributed by atoms with E-state index in [1.807, 2.05) is 0 Å². The van der Waals surface area contributed by atoms with Gasteiger partial charge in [0.1, 0.15) is 11.5 Å². The minimum absolute atomic E-state index is 0.109. The van der Waals surface area contributed by atoms with Crippen molar-refractivity contribution < 1.29 is 17.2 Å². The Morgan fingerprint density at radius 3 is 2.64 bits per heavy atom. The van der Waals surface area contributed by atoms with Crippen molar-refractivity contribution in [1.29, 1.82) is 0 Å².